The number of quaternary nitrogens is 1. The largest absolute Gasteiger partial charge is 0.369 e. The van der Waals surface area contributed by atoms with Crippen molar-refractivity contribution < 1.29 is 9.69 Å². The molecule has 3 rings (SSSR count). The van der Waals surface area contributed by atoms with E-state index < -0.39 is 0 Å². The van der Waals surface area contributed by atoms with Crippen LogP contribution in [0.4, 0.5) is 0 Å². The number of amides is 1. The second kappa shape index (κ2) is 4.45. The average Bonchev–Trinajstić information content (AvgIpc) is 2.91. The van der Waals surface area contributed by atoms with Gasteiger partial charge in [0.05, 0.1) is 19.6 Å². The Morgan fingerprint density at radius 3 is 2.53 bits per heavy atom. The number of primary amides is 1. The Bertz CT molecular complexity index is 331. The predicted molar refractivity (Wildman–Crippen MR) is 66.3 cm³/mol. The van der Waals surface area contributed by atoms with Crippen LogP contribution in [0.5, 0.6) is 0 Å². The van der Waals surface area contributed by atoms with E-state index in [4.69, 9.17) is 5.73 Å². The normalized spacial score (nSPS) is 44.1. The van der Waals surface area contributed by atoms with E-state index in [9.17, 15) is 4.79 Å². The fraction of sp³-hybridized carbons (Fsp3) is 0.786. The predicted octanol–water partition coefficient (Wildman–Crippen LogP) is -0.0212. The summed E-state index contributed by atoms with van der Waals surface area (Å²) in [6, 6.07) is 0. The molecule has 0 aromatic heterocycles. The van der Waals surface area contributed by atoms with E-state index in [2.05, 4.69) is 12.2 Å². The number of rotatable bonds is 3. The molecule has 3 aliphatic rings. The molecule has 1 saturated heterocycles. The lowest BCUT2D eigenvalue weighted by molar-refractivity contribution is -0.909. The molecule has 0 aromatic rings. The van der Waals surface area contributed by atoms with Crippen LogP contribution in [0.2, 0.25) is 0 Å². The molecule has 3 heteroatoms. The number of allylic oxidation sites excluding steroid dienone is 2. The Labute approximate surface area is 103 Å². The summed E-state index contributed by atoms with van der Waals surface area (Å²) < 4.78 is 0. The van der Waals surface area contributed by atoms with Gasteiger partial charge in [0, 0.05) is 24.7 Å². The van der Waals surface area contributed by atoms with Gasteiger partial charge in [0.25, 0.3) is 0 Å². The summed E-state index contributed by atoms with van der Waals surface area (Å²) >= 11 is 0. The van der Waals surface area contributed by atoms with E-state index in [1.807, 2.05) is 0 Å². The highest BCUT2D eigenvalue weighted by molar-refractivity contribution is 5.76. The quantitative estimate of drug-likeness (QED) is 0.664. The molecule has 1 amide bonds. The van der Waals surface area contributed by atoms with Crippen molar-refractivity contribution >= 4 is 5.91 Å². The first-order chi connectivity index (χ1) is 8.22. The van der Waals surface area contributed by atoms with Crippen molar-refractivity contribution in [2.24, 2.45) is 29.4 Å². The van der Waals surface area contributed by atoms with Crippen molar-refractivity contribution in [3.63, 3.8) is 0 Å². The molecular weight excluding hydrogens is 212 g/mol. The Balaban J connectivity index is 1.48. The van der Waals surface area contributed by atoms with Gasteiger partial charge in [-0.3, -0.25) is 4.79 Å². The van der Waals surface area contributed by atoms with Crippen LogP contribution < -0.4 is 10.6 Å². The highest BCUT2D eigenvalue weighted by Gasteiger charge is 2.38. The molecule has 1 saturated carbocycles. The maximum atomic E-state index is 11.1. The fourth-order valence-corrected chi connectivity index (χ4v) is 4.01. The first kappa shape index (κ1) is 11.3. The molecule has 94 valence electrons. The Kier molecular flexibility index (Phi) is 2.95. The van der Waals surface area contributed by atoms with Crippen LogP contribution >= 0.6 is 0 Å². The maximum absolute atomic E-state index is 11.1. The molecule has 2 bridgehead atoms. The van der Waals surface area contributed by atoms with Crippen LogP contribution in [0.3, 0.4) is 0 Å². The summed E-state index contributed by atoms with van der Waals surface area (Å²) in [5.41, 5.74) is 5.37. The van der Waals surface area contributed by atoms with Crippen molar-refractivity contribution in [2.75, 3.05) is 19.6 Å². The molecule has 0 spiro atoms. The number of likely N-dealkylation sites (tertiary alicyclic amines) is 1. The first-order valence-corrected chi connectivity index (χ1v) is 7.03. The molecule has 0 unspecified atom stereocenters. The highest BCUT2D eigenvalue weighted by Crippen LogP contribution is 2.42. The number of piperidine rings is 1. The molecular formula is C14H23N2O+. The van der Waals surface area contributed by atoms with Gasteiger partial charge < -0.3 is 10.6 Å². The van der Waals surface area contributed by atoms with Gasteiger partial charge in [-0.15, -0.1) is 0 Å². The van der Waals surface area contributed by atoms with Crippen LogP contribution in [-0.2, 0) is 4.79 Å². The lowest BCUT2D eigenvalue weighted by Gasteiger charge is -2.31. The lowest BCUT2D eigenvalue weighted by Crippen LogP contribution is -3.13. The summed E-state index contributed by atoms with van der Waals surface area (Å²) in [5.74, 6) is 2.71. The van der Waals surface area contributed by atoms with Gasteiger partial charge in [0.2, 0.25) is 5.91 Å². The van der Waals surface area contributed by atoms with Gasteiger partial charge in [0.1, 0.15) is 0 Å². The molecule has 17 heavy (non-hydrogen) atoms. The monoisotopic (exact) mass is 235 g/mol. The molecule has 1 aliphatic heterocycles. The van der Waals surface area contributed by atoms with Crippen molar-refractivity contribution in [3.05, 3.63) is 12.2 Å². The molecule has 3 atom stereocenters. The van der Waals surface area contributed by atoms with Gasteiger partial charge in [0.15, 0.2) is 0 Å². The zero-order chi connectivity index (χ0) is 11.8. The third-order valence-electron chi connectivity index (χ3n) is 5.06. The third-order valence-corrected chi connectivity index (χ3v) is 5.06. The van der Waals surface area contributed by atoms with E-state index in [-0.39, 0.29) is 11.8 Å². The lowest BCUT2D eigenvalue weighted by atomic mass is 9.91. The van der Waals surface area contributed by atoms with Gasteiger partial charge >= 0.3 is 0 Å². The molecule has 3 nitrogen and oxygen atoms in total. The summed E-state index contributed by atoms with van der Waals surface area (Å²) in [7, 11) is 0. The highest BCUT2D eigenvalue weighted by atomic mass is 16.1. The van der Waals surface area contributed by atoms with Gasteiger partial charge in [-0.2, -0.15) is 0 Å². The van der Waals surface area contributed by atoms with E-state index in [1.165, 1.54) is 19.4 Å². The van der Waals surface area contributed by atoms with Gasteiger partial charge in [-0.25, -0.2) is 0 Å². The summed E-state index contributed by atoms with van der Waals surface area (Å²) in [6.07, 6.45) is 9.67. The van der Waals surface area contributed by atoms with E-state index in [0.29, 0.717) is 0 Å². The van der Waals surface area contributed by atoms with Crippen molar-refractivity contribution in [2.45, 2.75) is 25.7 Å². The fourth-order valence-electron chi connectivity index (χ4n) is 4.01. The number of carbonyl (C=O) groups is 1. The Morgan fingerprint density at radius 2 is 2.00 bits per heavy atom. The zero-order valence-corrected chi connectivity index (χ0v) is 10.4. The van der Waals surface area contributed by atoms with E-state index in [1.54, 1.807) is 4.90 Å². The van der Waals surface area contributed by atoms with Crippen LogP contribution in [0.1, 0.15) is 25.7 Å². The van der Waals surface area contributed by atoms with Crippen LogP contribution in [0, 0.1) is 23.7 Å². The molecule has 3 N–H and O–H groups in total. The van der Waals surface area contributed by atoms with Crippen molar-refractivity contribution in [1.82, 2.24) is 0 Å². The first-order valence-electron chi connectivity index (χ1n) is 7.03. The minimum Gasteiger partial charge on any atom is -0.369 e. The standard InChI is InChI=1S/C14H22N2O/c15-14(17)11-3-5-16(6-4-11)9-13-8-10-1-2-12(13)7-10/h1-2,10-13H,3-9H2,(H2,15,17)/p+1/t10-,12+,13+/m1/s1. The van der Waals surface area contributed by atoms with Crippen LogP contribution in [0.15, 0.2) is 12.2 Å². The van der Waals surface area contributed by atoms with Crippen molar-refractivity contribution in [3.8, 4) is 0 Å². The molecule has 1 heterocycles. The SMILES string of the molecule is NC(=O)C1CC[NH+](C[C@@H]2C[C@@H]3C=C[C@H]2C3)CC1. The number of fused-ring (bicyclic) bond motifs is 2. The number of carbonyl (C=O) groups excluding carboxylic acids is 1. The second-order valence-electron chi connectivity index (χ2n) is 6.17. The smallest absolute Gasteiger partial charge is 0.220 e. The molecule has 2 aliphatic carbocycles. The second-order valence-corrected chi connectivity index (χ2v) is 6.17. The number of hydrogen-bond donors (Lipinski definition) is 2. The number of nitrogens with two attached hydrogens (primary N) is 1. The minimum absolute atomic E-state index is 0.0908. The van der Waals surface area contributed by atoms with Crippen LogP contribution in [0.25, 0.3) is 0 Å². The van der Waals surface area contributed by atoms with Gasteiger partial charge in [-0.05, 0) is 24.7 Å². The minimum atomic E-state index is -0.0908. The van der Waals surface area contributed by atoms with Crippen molar-refractivity contribution in [1.29, 1.82) is 0 Å². The number of hydrogen-bond acceptors (Lipinski definition) is 1. The summed E-state index contributed by atoms with van der Waals surface area (Å²) in [6.45, 7) is 3.60. The molecule has 0 aromatic carbocycles. The zero-order valence-electron chi connectivity index (χ0n) is 10.4. The average molecular weight is 235 g/mol. The topological polar surface area (TPSA) is 47.5 Å². The summed E-state index contributed by atoms with van der Waals surface area (Å²) in [5, 5.41) is 0. The third kappa shape index (κ3) is 2.25. The summed E-state index contributed by atoms with van der Waals surface area (Å²) in [4.78, 5) is 12.8. The van der Waals surface area contributed by atoms with E-state index >= 15 is 0 Å². The van der Waals surface area contributed by atoms with E-state index in [0.717, 1.165) is 43.7 Å². The molecule has 0 radical (unpaired) electrons. The van der Waals surface area contributed by atoms with Gasteiger partial charge in [-0.1, -0.05) is 12.2 Å². The Hall–Kier alpha value is -0.830. The maximum Gasteiger partial charge on any atom is 0.220 e. The Morgan fingerprint density at radius 1 is 1.24 bits per heavy atom. The van der Waals surface area contributed by atoms with Crippen LogP contribution in [-0.4, -0.2) is 25.5 Å². The number of nitrogens with one attached hydrogen (secondary N) is 1. The molecule has 2 fully saturated rings.